The second-order valence-corrected chi connectivity index (χ2v) is 13.0. The van der Waals surface area contributed by atoms with Crippen molar-refractivity contribution in [1.29, 1.82) is 0 Å². The lowest BCUT2D eigenvalue weighted by molar-refractivity contribution is 0.0563. The molecule has 5 aromatic rings. The number of nitrogen functional groups attached to an aromatic ring is 1. The number of pyridine rings is 1. The molecule has 0 radical (unpaired) electrons. The normalized spacial score (nSPS) is 19.2. The molecule has 254 valence electrons. The minimum absolute atomic E-state index is 0.0631. The number of nitrogens with one attached hydrogen (secondary N) is 1. The Morgan fingerprint density at radius 1 is 1.06 bits per heavy atom. The van der Waals surface area contributed by atoms with E-state index in [4.69, 9.17) is 10.7 Å². The highest BCUT2D eigenvalue weighted by Gasteiger charge is 2.45. The van der Waals surface area contributed by atoms with E-state index >= 15 is 0 Å². The lowest BCUT2D eigenvalue weighted by Gasteiger charge is -2.38. The van der Waals surface area contributed by atoms with E-state index in [2.05, 4.69) is 35.5 Å². The van der Waals surface area contributed by atoms with Crippen LogP contribution in [0.5, 0.6) is 0 Å². The first-order valence-corrected chi connectivity index (χ1v) is 16.8. The summed E-state index contributed by atoms with van der Waals surface area (Å²) in [5, 5.41) is 16.7. The number of aliphatic imine (C=N–C) groups is 1. The number of hydrogen-bond donors (Lipinski definition) is 2. The zero-order chi connectivity index (χ0) is 34.1. The highest BCUT2D eigenvalue weighted by atomic mass is 19.1. The SMILES string of the molecule is CCNC(=NCCCN(C)C)n1ncc(C(=O)N2[C@@H]3CC[C@H]2CC(c2cc(N)n4ncc(-c5ccc(-c6ccccc6F)nc5)c4n2)C3)n1. The quantitative estimate of drug-likeness (QED) is 0.135. The smallest absolute Gasteiger partial charge is 0.276 e. The van der Waals surface area contributed by atoms with E-state index in [9.17, 15) is 9.18 Å². The Hall–Kier alpha value is -5.24. The fourth-order valence-electron chi connectivity index (χ4n) is 7.07. The molecular formula is C35H41FN12O. The van der Waals surface area contributed by atoms with Crippen LogP contribution in [0.15, 0.2) is 66.0 Å². The van der Waals surface area contributed by atoms with Crippen molar-refractivity contribution in [1.82, 2.24) is 49.7 Å². The fourth-order valence-corrected chi connectivity index (χ4v) is 7.07. The van der Waals surface area contributed by atoms with Crippen LogP contribution in [0, 0.1) is 5.82 Å². The van der Waals surface area contributed by atoms with Gasteiger partial charge in [-0.05, 0) is 77.9 Å². The molecule has 6 heterocycles. The van der Waals surface area contributed by atoms with E-state index in [1.165, 1.54) is 17.1 Å². The molecule has 0 aliphatic carbocycles. The first-order chi connectivity index (χ1) is 23.8. The van der Waals surface area contributed by atoms with Crippen molar-refractivity contribution in [3.63, 3.8) is 0 Å². The van der Waals surface area contributed by atoms with Crippen molar-refractivity contribution >= 4 is 23.3 Å². The Bertz CT molecular complexity index is 1970. The maximum Gasteiger partial charge on any atom is 0.276 e. The number of hydrogen-bond acceptors (Lipinski definition) is 9. The lowest BCUT2D eigenvalue weighted by Crippen LogP contribution is -2.46. The first-order valence-electron chi connectivity index (χ1n) is 16.8. The Labute approximate surface area is 284 Å². The molecule has 0 saturated carbocycles. The summed E-state index contributed by atoms with van der Waals surface area (Å²) in [7, 11) is 4.07. The predicted molar refractivity (Wildman–Crippen MR) is 186 cm³/mol. The molecule has 1 unspecified atom stereocenters. The van der Waals surface area contributed by atoms with Crippen LogP contribution in [0.25, 0.3) is 28.0 Å². The van der Waals surface area contributed by atoms with Gasteiger partial charge in [0.2, 0.25) is 5.96 Å². The molecule has 2 aliphatic rings. The Morgan fingerprint density at radius 2 is 1.86 bits per heavy atom. The van der Waals surface area contributed by atoms with Gasteiger partial charge in [-0.1, -0.05) is 18.2 Å². The van der Waals surface area contributed by atoms with Crippen LogP contribution < -0.4 is 11.1 Å². The summed E-state index contributed by atoms with van der Waals surface area (Å²) >= 11 is 0. The van der Waals surface area contributed by atoms with Gasteiger partial charge in [0.1, 0.15) is 11.6 Å². The van der Waals surface area contributed by atoms with Crippen molar-refractivity contribution in [2.24, 2.45) is 4.99 Å². The average Bonchev–Trinajstić information content (AvgIpc) is 3.83. The van der Waals surface area contributed by atoms with Crippen LogP contribution in [-0.4, -0.2) is 102 Å². The van der Waals surface area contributed by atoms with Gasteiger partial charge in [0.25, 0.3) is 5.91 Å². The van der Waals surface area contributed by atoms with Crippen molar-refractivity contribution in [3.05, 3.63) is 78.3 Å². The number of benzene rings is 1. The van der Waals surface area contributed by atoms with Crippen molar-refractivity contribution in [3.8, 4) is 22.4 Å². The molecule has 0 spiro atoms. The second-order valence-electron chi connectivity index (χ2n) is 13.0. The maximum absolute atomic E-state index is 14.3. The number of amides is 1. The van der Waals surface area contributed by atoms with E-state index in [1.54, 1.807) is 41.2 Å². The monoisotopic (exact) mass is 664 g/mol. The van der Waals surface area contributed by atoms with Gasteiger partial charge in [-0.25, -0.2) is 14.4 Å². The van der Waals surface area contributed by atoms with Gasteiger partial charge >= 0.3 is 0 Å². The third kappa shape index (κ3) is 6.47. The molecule has 2 aliphatic heterocycles. The number of rotatable bonds is 9. The molecule has 13 nitrogen and oxygen atoms in total. The van der Waals surface area contributed by atoms with Gasteiger partial charge in [0.15, 0.2) is 11.3 Å². The fraction of sp³-hybridized carbons (Fsp3) is 0.400. The molecule has 49 heavy (non-hydrogen) atoms. The van der Waals surface area contributed by atoms with E-state index in [0.29, 0.717) is 47.5 Å². The number of nitrogens with two attached hydrogens (primary N) is 1. The van der Waals surface area contributed by atoms with Gasteiger partial charge in [-0.15, -0.1) is 9.90 Å². The molecule has 2 fully saturated rings. The Kier molecular flexibility index (Phi) is 9.04. The van der Waals surface area contributed by atoms with Gasteiger partial charge < -0.3 is 20.9 Å². The largest absolute Gasteiger partial charge is 0.384 e. The van der Waals surface area contributed by atoms with Crippen molar-refractivity contribution < 1.29 is 9.18 Å². The first kappa shape index (κ1) is 32.3. The molecule has 1 aromatic carbocycles. The maximum atomic E-state index is 14.3. The number of carbonyl (C=O) groups excluding carboxylic acids is 1. The minimum Gasteiger partial charge on any atom is -0.384 e. The number of aromatic nitrogens is 7. The minimum atomic E-state index is -0.319. The van der Waals surface area contributed by atoms with Crippen LogP contribution in [0.3, 0.4) is 0 Å². The zero-order valence-corrected chi connectivity index (χ0v) is 28.0. The number of anilines is 1. The number of piperidine rings is 1. The highest BCUT2D eigenvalue weighted by Crippen LogP contribution is 2.44. The standard InChI is InChI=1S/C35H41FN12O/c1-4-38-35(39-14-7-15-45(2)3)48-42-21-31(44-48)34(49)46-24-11-12-25(46)17-23(16-24)30-18-32(37)47-33(43-30)27(20-41-47)22-10-13-29(40-19-22)26-8-5-6-9-28(26)36/h5-6,8-10,13,18-21,23-25H,4,7,11-12,14-17,37H2,1-3H3,(H,38,39)/t23?,24-,25+. The zero-order valence-electron chi connectivity index (χ0n) is 28.0. The van der Waals surface area contributed by atoms with Crippen LogP contribution in [-0.2, 0) is 0 Å². The third-order valence-electron chi connectivity index (χ3n) is 9.39. The van der Waals surface area contributed by atoms with E-state index in [1.807, 2.05) is 38.1 Å². The summed E-state index contributed by atoms with van der Waals surface area (Å²) in [6, 6.07) is 12.3. The lowest BCUT2D eigenvalue weighted by atomic mass is 9.87. The molecular weight excluding hydrogens is 623 g/mol. The summed E-state index contributed by atoms with van der Waals surface area (Å²) in [6.45, 7) is 4.22. The molecule has 2 saturated heterocycles. The Balaban J connectivity index is 1.08. The Morgan fingerprint density at radius 3 is 2.57 bits per heavy atom. The third-order valence-corrected chi connectivity index (χ3v) is 9.39. The predicted octanol–water partition coefficient (Wildman–Crippen LogP) is 4.09. The van der Waals surface area contributed by atoms with E-state index in [0.717, 1.165) is 55.5 Å². The number of carbonyl (C=O) groups is 1. The van der Waals surface area contributed by atoms with Crippen LogP contribution >= 0.6 is 0 Å². The summed E-state index contributed by atoms with van der Waals surface area (Å²) < 4.78 is 16.0. The molecule has 7 rings (SSSR count). The average molecular weight is 665 g/mol. The van der Waals surface area contributed by atoms with Gasteiger partial charge in [-0.2, -0.15) is 14.7 Å². The van der Waals surface area contributed by atoms with Crippen LogP contribution in [0.2, 0.25) is 0 Å². The number of halogens is 1. The van der Waals surface area contributed by atoms with Gasteiger partial charge in [0.05, 0.1) is 18.1 Å². The van der Waals surface area contributed by atoms with Gasteiger partial charge in [-0.3, -0.25) is 9.78 Å². The molecule has 14 heteroatoms. The summed E-state index contributed by atoms with van der Waals surface area (Å²) in [4.78, 5) is 33.6. The highest BCUT2D eigenvalue weighted by molar-refractivity contribution is 5.93. The van der Waals surface area contributed by atoms with E-state index in [-0.39, 0.29) is 29.7 Å². The van der Waals surface area contributed by atoms with Crippen molar-refractivity contribution in [2.75, 3.05) is 39.5 Å². The molecule has 3 atom stereocenters. The summed E-state index contributed by atoms with van der Waals surface area (Å²) in [5.41, 5.74) is 10.9. The molecule has 3 N–H and O–H groups in total. The van der Waals surface area contributed by atoms with Crippen LogP contribution in [0.4, 0.5) is 10.2 Å². The number of nitrogens with zero attached hydrogens (tertiary/aromatic N) is 10. The molecule has 2 bridgehead atoms. The van der Waals surface area contributed by atoms with Crippen LogP contribution in [0.1, 0.15) is 61.1 Å². The van der Waals surface area contributed by atoms with Gasteiger partial charge in [0, 0.05) is 65.7 Å². The topological polar surface area (TPSA) is 148 Å². The second kappa shape index (κ2) is 13.7. The summed E-state index contributed by atoms with van der Waals surface area (Å²) in [6.07, 6.45) is 9.28. The summed E-state index contributed by atoms with van der Waals surface area (Å²) in [5.74, 6) is 0.735. The molecule has 1 amide bonds. The van der Waals surface area contributed by atoms with Crippen molar-refractivity contribution in [2.45, 2.75) is 57.0 Å². The van der Waals surface area contributed by atoms with E-state index < -0.39 is 0 Å². The molecule has 4 aromatic heterocycles. The number of fused-ring (bicyclic) bond motifs is 3.